The van der Waals surface area contributed by atoms with E-state index in [4.69, 9.17) is 4.74 Å². The first-order chi connectivity index (χ1) is 11.1. The molecule has 2 aromatic rings. The number of likely N-dealkylation sites (N-methyl/N-ethyl adjacent to an activating group) is 1. The first kappa shape index (κ1) is 15.7. The normalized spacial score (nSPS) is 24.4. The molecule has 1 aliphatic rings. The van der Waals surface area contributed by atoms with Gasteiger partial charge in [-0.1, -0.05) is 30.3 Å². The molecule has 0 radical (unpaired) electrons. The number of carbonyl (C=O) groups excluding carboxylic acids is 1. The van der Waals surface area contributed by atoms with Crippen molar-refractivity contribution >= 4 is 5.91 Å². The van der Waals surface area contributed by atoms with Crippen LogP contribution in [0.2, 0.25) is 0 Å². The summed E-state index contributed by atoms with van der Waals surface area (Å²) in [6.07, 6.45) is -0.562. The van der Waals surface area contributed by atoms with Gasteiger partial charge in [0.2, 0.25) is 0 Å². The SMILES string of the molecule is CN(C(=O)c1cnc(-c2ccccc2)[nH]1)[C@@H]1COC[C@@H](O)[C@H]1O. The zero-order chi connectivity index (χ0) is 16.4. The predicted octanol–water partition coefficient (Wildman–Crippen LogP) is 0.269. The highest BCUT2D eigenvalue weighted by Gasteiger charge is 2.36. The molecule has 0 aliphatic carbocycles. The quantitative estimate of drug-likeness (QED) is 0.755. The van der Waals surface area contributed by atoms with E-state index in [-0.39, 0.29) is 19.1 Å². The van der Waals surface area contributed by atoms with E-state index in [2.05, 4.69) is 9.97 Å². The van der Waals surface area contributed by atoms with Crippen LogP contribution in [0.4, 0.5) is 0 Å². The molecule has 3 atom stereocenters. The third-order valence-corrected chi connectivity index (χ3v) is 4.04. The third-order valence-electron chi connectivity index (χ3n) is 4.04. The fourth-order valence-corrected chi connectivity index (χ4v) is 2.62. The smallest absolute Gasteiger partial charge is 0.272 e. The number of aliphatic hydroxyl groups excluding tert-OH is 2. The van der Waals surface area contributed by atoms with Gasteiger partial charge in [-0.05, 0) is 0 Å². The summed E-state index contributed by atoms with van der Waals surface area (Å²) < 4.78 is 5.22. The molecule has 122 valence electrons. The van der Waals surface area contributed by atoms with Crippen molar-refractivity contribution in [1.29, 1.82) is 0 Å². The highest BCUT2D eigenvalue weighted by molar-refractivity contribution is 5.92. The van der Waals surface area contributed by atoms with E-state index in [1.165, 1.54) is 11.1 Å². The summed E-state index contributed by atoms with van der Waals surface area (Å²) in [5.74, 6) is 0.282. The Kier molecular flexibility index (Phi) is 4.42. The van der Waals surface area contributed by atoms with E-state index in [0.29, 0.717) is 11.5 Å². The number of aromatic nitrogens is 2. The van der Waals surface area contributed by atoms with Crippen LogP contribution < -0.4 is 0 Å². The van der Waals surface area contributed by atoms with E-state index in [1.54, 1.807) is 7.05 Å². The number of aromatic amines is 1. The first-order valence-corrected chi connectivity index (χ1v) is 7.39. The fourth-order valence-electron chi connectivity index (χ4n) is 2.62. The van der Waals surface area contributed by atoms with Gasteiger partial charge < -0.3 is 24.8 Å². The van der Waals surface area contributed by atoms with Gasteiger partial charge in [-0.15, -0.1) is 0 Å². The number of nitrogens with zero attached hydrogens (tertiary/aromatic N) is 2. The molecule has 1 saturated heterocycles. The molecule has 7 nitrogen and oxygen atoms in total. The van der Waals surface area contributed by atoms with E-state index in [9.17, 15) is 15.0 Å². The first-order valence-electron chi connectivity index (χ1n) is 7.39. The van der Waals surface area contributed by atoms with Gasteiger partial charge in [0, 0.05) is 12.6 Å². The lowest BCUT2D eigenvalue weighted by atomic mass is 10.0. The van der Waals surface area contributed by atoms with Crippen LogP contribution >= 0.6 is 0 Å². The molecule has 1 aliphatic heterocycles. The standard InChI is InChI=1S/C16H19N3O4/c1-19(12-8-23-9-13(20)14(12)21)16(22)11-7-17-15(18-11)10-5-3-2-4-6-10/h2-7,12-14,20-21H,8-9H2,1H3,(H,17,18)/t12-,13-,14+/m1/s1. The van der Waals surface area contributed by atoms with Gasteiger partial charge in [-0.2, -0.15) is 0 Å². The van der Waals surface area contributed by atoms with Gasteiger partial charge in [0.25, 0.3) is 5.91 Å². The molecule has 1 aromatic heterocycles. The van der Waals surface area contributed by atoms with Gasteiger partial charge in [0.1, 0.15) is 23.7 Å². The van der Waals surface area contributed by atoms with Crippen molar-refractivity contribution < 1.29 is 19.7 Å². The van der Waals surface area contributed by atoms with Gasteiger partial charge in [0.15, 0.2) is 0 Å². The maximum absolute atomic E-state index is 12.5. The maximum atomic E-state index is 12.5. The number of nitrogens with one attached hydrogen (secondary N) is 1. The summed E-state index contributed by atoms with van der Waals surface area (Å²) >= 11 is 0. The van der Waals surface area contributed by atoms with Crippen molar-refractivity contribution in [3.8, 4) is 11.4 Å². The number of benzene rings is 1. The summed E-state index contributed by atoms with van der Waals surface area (Å²) in [5.41, 5.74) is 1.20. The van der Waals surface area contributed by atoms with Crippen LogP contribution in [-0.2, 0) is 4.74 Å². The van der Waals surface area contributed by atoms with E-state index in [0.717, 1.165) is 5.56 Å². The summed E-state index contributed by atoms with van der Waals surface area (Å²) in [4.78, 5) is 21.1. The average Bonchev–Trinajstić information content (AvgIpc) is 3.07. The molecule has 0 bridgehead atoms. The number of rotatable bonds is 3. The monoisotopic (exact) mass is 317 g/mol. The average molecular weight is 317 g/mol. The Balaban J connectivity index is 1.77. The minimum Gasteiger partial charge on any atom is -0.388 e. The van der Waals surface area contributed by atoms with Crippen LogP contribution in [0.3, 0.4) is 0 Å². The van der Waals surface area contributed by atoms with Gasteiger partial charge >= 0.3 is 0 Å². The lowest BCUT2D eigenvalue weighted by Gasteiger charge is -2.37. The molecule has 3 rings (SSSR count). The molecule has 1 fully saturated rings. The zero-order valence-corrected chi connectivity index (χ0v) is 12.7. The predicted molar refractivity (Wildman–Crippen MR) is 82.7 cm³/mol. The molecule has 7 heteroatoms. The summed E-state index contributed by atoms with van der Waals surface area (Å²) in [6.45, 7) is 0.252. The van der Waals surface area contributed by atoms with Crippen LogP contribution in [0.1, 0.15) is 10.5 Å². The topological polar surface area (TPSA) is 98.7 Å². The number of H-pyrrole nitrogens is 1. The third kappa shape index (κ3) is 3.12. The zero-order valence-electron chi connectivity index (χ0n) is 12.7. The summed E-state index contributed by atoms with van der Waals surface area (Å²) in [7, 11) is 1.57. The second-order valence-electron chi connectivity index (χ2n) is 5.59. The number of amides is 1. The lowest BCUT2D eigenvalue weighted by Crippen LogP contribution is -2.56. The molecule has 1 amide bonds. The number of ether oxygens (including phenoxy) is 1. The Morgan fingerprint density at radius 2 is 2.04 bits per heavy atom. The Labute approximate surface area is 133 Å². The molecule has 1 aromatic carbocycles. The number of hydrogen-bond acceptors (Lipinski definition) is 5. The van der Waals surface area contributed by atoms with Gasteiger partial charge in [0.05, 0.1) is 25.5 Å². The largest absolute Gasteiger partial charge is 0.388 e. The van der Waals surface area contributed by atoms with Crippen molar-refractivity contribution in [2.75, 3.05) is 20.3 Å². The minimum absolute atomic E-state index is 0.0713. The number of hydrogen-bond donors (Lipinski definition) is 3. The highest BCUT2D eigenvalue weighted by atomic mass is 16.5. The van der Waals surface area contributed by atoms with Crippen LogP contribution in [0.15, 0.2) is 36.5 Å². The molecule has 3 N–H and O–H groups in total. The maximum Gasteiger partial charge on any atom is 0.272 e. The number of carbonyl (C=O) groups is 1. The van der Waals surface area contributed by atoms with Crippen molar-refractivity contribution in [2.45, 2.75) is 18.2 Å². The molecular weight excluding hydrogens is 298 g/mol. The van der Waals surface area contributed by atoms with Crippen molar-refractivity contribution in [2.24, 2.45) is 0 Å². The van der Waals surface area contributed by atoms with E-state index in [1.807, 2.05) is 30.3 Å². The van der Waals surface area contributed by atoms with E-state index < -0.39 is 18.2 Å². The molecule has 0 unspecified atom stereocenters. The highest BCUT2D eigenvalue weighted by Crippen LogP contribution is 2.18. The van der Waals surface area contributed by atoms with Crippen molar-refractivity contribution in [3.63, 3.8) is 0 Å². The Bertz CT molecular complexity index is 673. The van der Waals surface area contributed by atoms with Crippen molar-refractivity contribution in [1.82, 2.24) is 14.9 Å². The fraction of sp³-hybridized carbons (Fsp3) is 0.375. The second-order valence-corrected chi connectivity index (χ2v) is 5.59. The second kappa shape index (κ2) is 6.49. The van der Waals surface area contributed by atoms with Gasteiger partial charge in [-0.3, -0.25) is 4.79 Å². The van der Waals surface area contributed by atoms with Gasteiger partial charge in [-0.25, -0.2) is 4.98 Å². The number of imidazole rings is 1. The van der Waals surface area contributed by atoms with Crippen LogP contribution in [0.5, 0.6) is 0 Å². The lowest BCUT2D eigenvalue weighted by molar-refractivity contribution is -0.122. The number of aliphatic hydroxyl groups is 2. The van der Waals surface area contributed by atoms with Crippen molar-refractivity contribution in [3.05, 3.63) is 42.2 Å². The molecule has 2 heterocycles. The molecular formula is C16H19N3O4. The van der Waals surface area contributed by atoms with Crippen LogP contribution in [-0.4, -0.2) is 69.5 Å². The Morgan fingerprint density at radius 3 is 2.78 bits per heavy atom. The van der Waals surface area contributed by atoms with E-state index >= 15 is 0 Å². The summed E-state index contributed by atoms with van der Waals surface area (Å²) in [5, 5.41) is 19.7. The van der Waals surface area contributed by atoms with Crippen LogP contribution in [0, 0.1) is 0 Å². The molecule has 0 saturated carbocycles. The molecule has 23 heavy (non-hydrogen) atoms. The Hall–Kier alpha value is -2.22. The van der Waals surface area contributed by atoms with Crippen LogP contribution in [0.25, 0.3) is 11.4 Å². The molecule has 0 spiro atoms. The Morgan fingerprint density at radius 1 is 1.30 bits per heavy atom. The summed E-state index contributed by atoms with van der Waals surface area (Å²) in [6, 6.07) is 8.88. The minimum atomic E-state index is -1.03.